The molecule has 4 nitrogen and oxygen atoms in total. The maximum Gasteiger partial charge on any atom is 0.264 e. The number of amides is 1. The predicted molar refractivity (Wildman–Crippen MR) is 90.2 cm³/mol. The Kier molecular flexibility index (Phi) is 4.43. The zero-order valence-corrected chi connectivity index (χ0v) is 13.1. The van der Waals surface area contributed by atoms with Crippen LogP contribution in [0.1, 0.15) is 5.56 Å². The third kappa shape index (κ3) is 3.60. The van der Waals surface area contributed by atoms with Crippen LogP contribution in [0, 0.1) is 5.82 Å². The zero-order valence-electron chi connectivity index (χ0n) is 12.2. The lowest BCUT2D eigenvalue weighted by molar-refractivity contribution is -0.115. The molecule has 1 saturated heterocycles. The molecule has 0 aromatic heterocycles. The van der Waals surface area contributed by atoms with Gasteiger partial charge >= 0.3 is 0 Å². The summed E-state index contributed by atoms with van der Waals surface area (Å²) in [6.45, 7) is 0. The van der Waals surface area contributed by atoms with Crippen LogP contribution in [0.15, 0.2) is 58.4 Å². The third-order valence-corrected chi connectivity index (χ3v) is 4.04. The minimum absolute atomic E-state index is 0.221. The van der Waals surface area contributed by atoms with Crippen molar-refractivity contribution < 1.29 is 13.9 Å². The average molecular weight is 328 g/mol. The van der Waals surface area contributed by atoms with E-state index < -0.39 is 0 Å². The summed E-state index contributed by atoms with van der Waals surface area (Å²) in [5.41, 5.74) is 1.39. The fraction of sp³-hybridized carbons (Fsp3) is 0.0588. The number of nitrogens with zero attached hydrogens (tertiary/aromatic N) is 1. The second kappa shape index (κ2) is 6.66. The smallest absolute Gasteiger partial charge is 0.264 e. The van der Waals surface area contributed by atoms with Gasteiger partial charge in [-0.3, -0.25) is 4.79 Å². The molecule has 0 unspecified atom stereocenters. The van der Waals surface area contributed by atoms with E-state index in [0.29, 0.717) is 21.5 Å². The lowest BCUT2D eigenvalue weighted by Crippen LogP contribution is -2.19. The molecule has 23 heavy (non-hydrogen) atoms. The van der Waals surface area contributed by atoms with Gasteiger partial charge in [-0.05, 0) is 48.2 Å². The SMILES string of the molecule is COc1ccccc1/C=C1/SC(=Nc2ccc(F)cc2)NC1=O. The standard InChI is InChI=1S/C17H13FN2O2S/c1-22-14-5-3-2-4-11(14)10-15-16(21)20-17(23-15)19-13-8-6-12(18)7-9-13/h2-10H,1H3,(H,19,20,21)/b15-10+. The lowest BCUT2D eigenvalue weighted by atomic mass is 10.2. The maximum atomic E-state index is 12.9. The Morgan fingerprint density at radius 3 is 2.65 bits per heavy atom. The minimum atomic E-state index is -0.325. The summed E-state index contributed by atoms with van der Waals surface area (Å²) in [6.07, 6.45) is 1.76. The number of halogens is 1. The van der Waals surface area contributed by atoms with Gasteiger partial charge in [-0.25, -0.2) is 9.38 Å². The molecule has 1 amide bonds. The van der Waals surface area contributed by atoms with E-state index in [9.17, 15) is 9.18 Å². The van der Waals surface area contributed by atoms with E-state index in [4.69, 9.17) is 4.74 Å². The minimum Gasteiger partial charge on any atom is -0.496 e. The highest BCUT2D eigenvalue weighted by molar-refractivity contribution is 8.18. The number of rotatable bonds is 3. The largest absolute Gasteiger partial charge is 0.496 e. The molecule has 0 bridgehead atoms. The average Bonchev–Trinajstić information content (AvgIpc) is 2.90. The normalized spacial score (nSPS) is 17.6. The van der Waals surface area contributed by atoms with Crippen LogP contribution in [-0.4, -0.2) is 18.2 Å². The molecule has 1 N–H and O–H groups in total. The van der Waals surface area contributed by atoms with Crippen molar-refractivity contribution >= 4 is 34.6 Å². The number of benzene rings is 2. The molecule has 2 aromatic rings. The Hall–Kier alpha value is -2.60. The van der Waals surface area contributed by atoms with Crippen LogP contribution in [0.2, 0.25) is 0 Å². The summed E-state index contributed by atoms with van der Waals surface area (Å²) in [5, 5.41) is 3.16. The number of carbonyl (C=O) groups excluding carboxylic acids is 1. The monoisotopic (exact) mass is 328 g/mol. The van der Waals surface area contributed by atoms with E-state index >= 15 is 0 Å². The Morgan fingerprint density at radius 1 is 1.17 bits per heavy atom. The third-order valence-electron chi connectivity index (χ3n) is 3.13. The van der Waals surface area contributed by atoms with Crippen molar-refractivity contribution in [1.29, 1.82) is 0 Å². The van der Waals surface area contributed by atoms with E-state index in [0.717, 1.165) is 5.56 Å². The fourth-order valence-corrected chi connectivity index (χ4v) is 2.87. The molecule has 0 radical (unpaired) electrons. The van der Waals surface area contributed by atoms with Crippen LogP contribution in [0.5, 0.6) is 5.75 Å². The van der Waals surface area contributed by atoms with Gasteiger partial charge in [-0.15, -0.1) is 0 Å². The summed E-state index contributed by atoms with van der Waals surface area (Å²) < 4.78 is 18.2. The van der Waals surface area contributed by atoms with Crippen molar-refractivity contribution in [3.63, 3.8) is 0 Å². The predicted octanol–water partition coefficient (Wildman–Crippen LogP) is 3.73. The first-order valence-electron chi connectivity index (χ1n) is 6.84. The second-order valence-electron chi connectivity index (χ2n) is 4.70. The van der Waals surface area contributed by atoms with Crippen molar-refractivity contribution in [1.82, 2.24) is 5.32 Å². The Balaban J connectivity index is 1.85. The fourth-order valence-electron chi connectivity index (χ4n) is 2.04. The molecule has 1 aliphatic heterocycles. The van der Waals surface area contributed by atoms with Gasteiger partial charge in [0.15, 0.2) is 5.17 Å². The highest BCUT2D eigenvalue weighted by Gasteiger charge is 2.24. The molecule has 6 heteroatoms. The summed E-state index contributed by atoms with van der Waals surface area (Å²) in [4.78, 5) is 16.9. The highest BCUT2D eigenvalue weighted by Crippen LogP contribution is 2.30. The molecule has 0 saturated carbocycles. The first-order valence-corrected chi connectivity index (χ1v) is 7.65. The molecule has 0 atom stereocenters. The Labute approximate surface area is 137 Å². The van der Waals surface area contributed by atoms with Crippen LogP contribution < -0.4 is 10.1 Å². The van der Waals surface area contributed by atoms with Gasteiger partial charge in [0.1, 0.15) is 11.6 Å². The van der Waals surface area contributed by atoms with Gasteiger partial charge < -0.3 is 10.1 Å². The molecular weight excluding hydrogens is 315 g/mol. The van der Waals surface area contributed by atoms with E-state index in [-0.39, 0.29) is 11.7 Å². The number of nitrogens with one attached hydrogen (secondary N) is 1. The molecule has 116 valence electrons. The number of methoxy groups -OCH3 is 1. The molecule has 1 fully saturated rings. The molecule has 1 aliphatic rings. The zero-order chi connectivity index (χ0) is 16.2. The van der Waals surface area contributed by atoms with E-state index in [1.807, 2.05) is 24.3 Å². The van der Waals surface area contributed by atoms with E-state index in [1.165, 1.54) is 23.9 Å². The number of aliphatic imine (C=N–C) groups is 1. The first kappa shape index (κ1) is 15.3. The molecule has 0 spiro atoms. The van der Waals surface area contributed by atoms with Gasteiger partial charge in [0.25, 0.3) is 5.91 Å². The summed E-state index contributed by atoms with van der Waals surface area (Å²) in [6, 6.07) is 13.2. The van der Waals surface area contributed by atoms with Crippen LogP contribution in [0.4, 0.5) is 10.1 Å². The number of carbonyl (C=O) groups is 1. The van der Waals surface area contributed by atoms with Crippen LogP contribution in [-0.2, 0) is 4.79 Å². The molecule has 3 rings (SSSR count). The van der Waals surface area contributed by atoms with Crippen LogP contribution >= 0.6 is 11.8 Å². The number of amidine groups is 1. The number of hydrogen-bond donors (Lipinski definition) is 1. The Bertz CT molecular complexity index is 800. The molecular formula is C17H13FN2O2S. The van der Waals surface area contributed by atoms with Crippen molar-refractivity contribution in [3.05, 3.63) is 64.8 Å². The molecule has 0 aliphatic carbocycles. The van der Waals surface area contributed by atoms with Gasteiger partial charge in [0.2, 0.25) is 0 Å². The second-order valence-corrected chi connectivity index (χ2v) is 5.73. The topological polar surface area (TPSA) is 50.7 Å². The van der Waals surface area contributed by atoms with Crippen molar-refractivity contribution in [2.24, 2.45) is 4.99 Å². The van der Waals surface area contributed by atoms with Crippen molar-refractivity contribution in [3.8, 4) is 5.75 Å². The van der Waals surface area contributed by atoms with Crippen molar-refractivity contribution in [2.75, 3.05) is 7.11 Å². The molecule has 2 aromatic carbocycles. The van der Waals surface area contributed by atoms with Gasteiger partial charge in [0.05, 0.1) is 17.7 Å². The first-order chi connectivity index (χ1) is 11.2. The Morgan fingerprint density at radius 2 is 1.91 bits per heavy atom. The number of thioether (sulfide) groups is 1. The number of ether oxygens (including phenoxy) is 1. The highest BCUT2D eigenvalue weighted by atomic mass is 32.2. The number of para-hydroxylation sites is 1. The summed E-state index contributed by atoms with van der Waals surface area (Å²) >= 11 is 1.23. The summed E-state index contributed by atoms with van der Waals surface area (Å²) in [5.74, 6) is 0.146. The summed E-state index contributed by atoms with van der Waals surface area (Å²) in [7, 11) is 1.58. The van der Waals surface area contributed by atoms with Gasteiger partial charge in [0, 0.05) is 5.56 Å². The van der Waals surface area contributed by atoms with E-state index in [2.05, 4.69) is 10.3 Å². The van der Waals surface area contributed by atoms with Gasteiger partial charge in [-0.2, -0.15) is 0 Å². The lowest BCUT2D eigenvalue weighted by Gasteiger charge is -2.03. The van der Waals surface area contributed by atoms with Crippen LogP contribution in [0.3, 0.4) is 0 Å². The quantitative estimate of drug-likeness (QED) is 0.874. The maximum absolute atomic E-state index is 12.9. The van der Waals surface area contributed by atoms with Crippen molar-refractivity contribution in [2.45, 2.75) is 0 Å². The van der Waals surface area contributed by atoms with E-state index in [1.54, 1.807) is 25.3 Å². The van der Waals surface area contributed by atoms with Crippen LogP contribution in [0.25, 0.3) is 6.08 Å². The van der Waals surface area contributed by atoms with Gasteiger partial charge in [-0.1, -0.05) is 18.2 Å². The number of hydrogen-bond acceptors (Lipinski definition) is 4. The molecule has 1 heterocycles.